The summed E-state index contributed by atoms with van der Waals surface area (Å²) in [6.07, 6.45) is 0.301. The molecule has 2 rings (SSSR count). The smallest absolute Gasteiger partial charge is 0.225 e. The van der Waals surface area contributed by atoms with E-state index < -0.39 is 0 Å². The van der Waals surface area contributed by atoms with Crippen LogP contribution in [0.5, 0.6) is 11.8 Å². The molecule has 0 atom stereocenters. The van der Waals surface area contributed by atoms with E-state index in [1.54, 1.807) is 44.3 Å². The Morgan fingerprint density at radius 1 is 0.850 bits per heavy atom. The van der Waals surface area contributed by atoms with Crippen LogP contribution >= 0.6 is 44.3 Å². The Kier molecular flexibility index (Phi) is 6.01. The highest BCUT2D eigenvalue weighted by atomic mass is 33.1. The third kappa shape index (κ3) is 5.16. The first kappa shape index (κ1) is 15.9. The Balaban J connectivity index is 1.85. The normalized spacial score (nSPS) is 11.3. The maximum absolute atomic E-state index is 5.54. The first-order chi connectivity index (χ1) is 9.52. The number of hydrogen-bond donors (Lipinski definition) is 0. The van der Waals surface area contributed by atoms with E-state index in [2.05, 4.69) is 9.97 Å². The molecule has 0 saturated heterocycles. The molecule has 0 amide bonds. The SMILES string of the molecule is CC(C)Oc1csc(SSc2nc(OC(C)C)cs2)n1. The van der Waals surface area contributed by atoms with E-state index in [4.69, 9.17) is 9.47 Å². The molecule has 0 unspecified atom stereocenters. The molecular weight excluding hydrogens is 332 g/mol. The van der Waals surface area contributed by atoms with Crippen molar-refractivity contribution in [2.24, 2.45) is 0 Å². The lowest BCUT2D eigenvalue weighted by atomic mass is 10.5. The maximum atomic E-state index is 5.54. The highest BCUT2D eigenvalue weighted by Crippen LogP contribution is 2.41. The molecule has 4 nitrogen and oxygen atoms in total. The highest BCUT2D eigenvalue weighted by molar-refractivity contribution is 8.77. The fraction of sp³-hybridized carbons (Fsp3) is 0.500. The van der Waals surface area contributed by atoms with E-state index in [1.807, 2.05) is 38.5 Å². The molecule has 0 fully saturated rings. The van der Waals surface area contributed by atoms with Gasteiger partial charge in [-0.15, -0.1) is 22.7 Å². The zero-order chi connectivity index (χ0) is 14.5. The van der Waals surface area contributed by atoms with Crippen LogP contribution in [-0.2, 0) is 0 Å². The van der Waals surface area contributed by atoms with Crippen molar-refractivity contribution in [3.05, 3.63) is 10.8 Å². The summed E-state index contributed by atoms with van der Waals surface area (Å²) in [5.41, 5.74) is 0. The summed E-state index contributed by atoms with van der Waals surface area (Å²) in [5, 5.41) is 3.86. The minimum absolute atomic E-state index is 0.150. The van der Waals surface area contributed by atoms with Gasteiger partial charge in [0.25, 0.3) is 0 Å². The zero-order valence-electron chi connectivity index (χ0n) is 11.7. The second-order valence-electron chi connectivity index (χ2n) is 4.40. The molecule has 0 N–H and O–H groups in total. The van der Waals surface area contributed by atoms with Gasteiger partial charge in [-0.2, -0.15) is 9.97 Å². The molecule has 0 aliphatic carbocycles. The molecule has 0 aliphatic rings. The van der Waals surface area contributed by atoms with Gasteiger partial charge in [-0.05, 0) is 49.3 Å². The van der Waals surface area contributed by atoms with Gasteiger partial charge in [0, 0.05) is 0 Å². The van der Waals surface area contributed by atoms with Gasteiger partial charge in [-0.25, -0.2) is 0 Å². The molecule has 110 valence electrons. The minimum atomic E-state index is 0.150. The van der Waals surface area contributed by atoms with Crippen molar-refractivity contribution in [2.45, 2.75) is 48.6 Å². The van der Waals surface area contributed by atoms with Crippen molar-refractivity contribution >= 4 is 44.3 Å². The quantitative estimate of drug-likeness (QED) is 0.658. The van der Waals surface area contributed by atoms with Crippen molar-refractivity contribution in [3.8, 4) is 11.8 Å². The minimum Gasteiger partial charge on any atom is -0.474 e. The molecule has 0 radical (unpaired) electrons. The van der Waals surface area contributed by atoms with E-state index in [1.165, 1.54) is 0 Å². The van der Waals surface area contributed by atoms with Crippen LogP contribution in [-0.4, -0.2) is 22.2 Å². The summed E-state index contributed by atoms with van der Waals surface area (Å²) in [5.74, 6) is 1.38. The van der Waals surface area contributed by atoms with Crippen LogP contribution in [0.3, 0.4) is 0 Å². The van der Waals surface area contributed by atoms with Crippen molar-refractivity contribution < 1.29 is 9.47 Å². The van der Waals surface area contributed by atoms with Crippen molar-refractivity contribution in [2.75, 3.05) is 0 Å². The largest absolute Gasteiger partial charge is 0.474 e. The van der Waals surface area contributed by atoms with Gasteiger partial charge in [0.2, 0.25) is 11.8 Å². The summed E-state index contributed by atoms with van der Waals surface area (Å²) < 4.78 is 13.0. The average molecular weight is 349 g/mol. The van der Waals surface area contributed by atoms with Crippen LogP contribution in [0.15, 0.2) is 19.4 Å². The molecule has 0 bridgehead atoms. The summed E-state index contributed by atoms with van der Waals surface area (Å²) in [6, 6.07) is 0. The maximum Gasteiger partial charge on any atom is 0.225 e. The van der Waals surface area contributed by atoms with Gasteiger partial charge in [0.1, 0.15) is 0 Å². The third-order valence-electron chi connectivity index (χ3n) is 1.82. The number of thiazole rings is 2. The van der Waals surface area contributed by atoms with Crippen LogP contribution in [0.4, 0.5) is 0 Å². The number of hydrogen-bond acceptors (Lipinski definition) is 8. The Morgan fingerprint density at radius 2 is 1.25 bits per heavy atom. The lowest BCUT2D eigenvalue weighted by Gasteiger charge is -2.04. The van der Waals surface area contributed by atoms with E-state index in [0.717, 1.165) is 8.68 Å². The Hall–Kier alpha value is -0.440. The van der Waals surface area contributed by atoms with Crippen molar-refractivity contribution in [3.63, 3.8) is 0 Å². The Bertz CT molecular complexity index is 491. The summed E-state index contributed by atoms with van der Waals surface area (Å²) in [7, 11) is 3.18. The highest BCUT2D eigenvalue weighted by Gasteiger charge is 2.09. The number of nitrogens with zero attached hydrogens (tertiary/aromatic N) is 2. The zero-order valence-corrected chi connectivity index (χ0v) is 14.9. The van der Waals surface area contributed by atoms with E-state index in [0.29, 0.717) is 11.8 Å². The Morgan fingerprint density at radius 3 is 1.60 bits per heavy atom. The molecule has 0 aliphatic heterocycles. The van der Waals surface area contributed by atoms with Crippen molar-refractivity contribution in [1.82, 2.24) is 9.97 Å². The van der Waals surface area contributed by atoms with Gasteiger partial charge in [0.15, 0.2) is 8.68 Å². The third-order valence-corrected chi connectivity index (χ3v) is 6.50. The number of aromatic nitrogens is 2. The van der Waals surface area contributed by atoms with E-state index in [9.17, 15) is 0 Å². The first-order valence-electron chi connectivity index (χ1n) is 6.12. The van der Waals surface area contributed by atoms with Crippen LogP contribution < -0.4 is 9.47 Å². The fourth-order valence-electron chi connectivity index (χ4n) is 1.23. The van der Waals surface area contributed by atoms with E-state index >= 15 is 0 Å². The summed E-state index contributed by atoms with van der Waals surface area (Å²) >= 11 is 3.16. The predicted molar refractivity (Wildman–Crippen MR) is 87.5 cm³/mol. The molecule has 20 heavy (non-hydrogen) atoms. The van der Waals surface area contributed by atoms with Gasteiger partial charge >= 0.3 is 0 Å². The molecule has 2 aromatic rings. The fourth-order valence-corrected chi connectivity index (χ4v) is 5.10. The first-order valence-corrected chi connectivity index (χ1v) is 10.0. The molecule has 8 heteroatoms. The van der Waals surface area contributed by atoms with Crippen LogP contribution in [0.1, 0.15) is 27.7 Å². The monoisotopic (exact) mass is 348 g/mol. The molecule has 0 aromatic carbocycles. The molecular formula is C12H16N2O2S4. The van der Waals surface area contributed by atoms with Crippen LogP contribution in [0.2, 0.25) is 0 Å². The second-order valence-corrected chi connectivity index (χ2v) is 8.74. The summed E-state index contributed by atoms with van der Waals surface area (Å²) in [4.78, 5) is 8.81. The molecule has 0 spiro atoms. The Labute approximate surface area is 134 Å². The van der Waals surface area contributed by atoms with Gasteiger partial charge < -0.3 is 9.47 Å². The lowest BCUT2D eigenvalue weighted by molar-refractivity contribution is 0.232. The molecule has 0 saturated carbocycles. The van der Waals surface area contributed by atoms with Crippen LogP contribution in [0.25, 0.3) is 0 Å². The van der Waals surface area contributed by atoms with Gasteiger partial charge in [-0.1, -0.05) is 0 Å². The average Bonchev–Trinajstić information content (AvgIpc) is 2.94. The summed E-state index contributed by atoms with van der Waals surface area (Å²) in [6.45, 7) is 7.97. The topological polar surface area (TPSA) is 44.2 Å². The van der Waals surface area contributed by atoms with E-state index in [-0.39, 0.29) is 12.2 Å². The van der Waals surface area contributed by atoms with Gasteiger partial charge in [0.05, 0.1) is 23.0 Å². The molecule has 2 heterocycles. The van der Waals surface area contributed by atoms with Crippen molar-refractivity contribution in [1.29, 1.82) is 0 Å². The lowest BCUT2D eigenvalue weighted by Crippen LogP contribution is -2.05. The number of ether oxygens (including phenoxy) is 2. The second kappa shape index (κ2) is 7.53. The molecule has 2 aromatic heterocycles. The predicted octanol–water partition coefficient (Wildman–Crippen LogP) is 4.97. The number of rotatable bonds is 7. The standard InChI is InChI=1S/C12H16N2O2S4/c1-7(2)15-9-5-17-11(13-9)19-20-12-14-10(6-18-12)16-8(3)4/h5-8H,1-4H3. The van der Waals surface area contributed by atoms with Gasteiger partial charge in [-0.3, -0.25) is 0 Å². The van der Waals surface area contributed by atoms with Crippen LogP contribution in [0, 0.1) is 0 Å².